The van der Waals surface area contributed by atoms with E-state index in [1.165, 1.54) is 6.08 Å². The zero-order valence-electron chi connectivity index (χ0n) is 6.73. The van der Waals surface area contributed by atoms with Gasteiger partial charge in [0.15, 0.2) is 0 Å². The lowest BCUT2D eigenvalue weighted by Crippen LogP contribution is -1.92. The molecule has 0 aliphatic rings. The Bertz CT molecular complexity index is 313. The van der Waals surface area contributed by atoms with Crippen LogP contribution in [0.25, 0.3) is 6.08 Å². The van der Waals surface area contributed by atoms with Gasteiger partial charge in [0.1, 0.15) is 16.7 Å². The smallest absolute Gasteiger partial charge is 0.145 e. The third kappa shape index (κ3) is 2.50. The molecule has 70 valence electrons. The molecule has 4 heteroatoms. The first-order chi connectivity index (χ1) is 6.15. The maximum atomic E-state index is 12.8. The van der Waals surface area contributed by atoms with Gasteiger partial charge in [-0.1, -0.05) is 23.8 Å². The highest BCUT2D eigenvalue weighted by atomic mass is 35.5. The molecule has 1 aromatic carbocycles. The number of hydrogen-bond donors (Lipinski definition) is 1. The molecule has 0 fully saturated rings. The first kappa shape index (κ1) is 10.2. The van der Waals surface area contributed by atoms with E-state index in [0.717, 1.165) is 12.1 Å². The Morgan fingerprint density at radius 3 is 2.31 bits per heavy atom. The zero-order valence-corrected chi connectivity index (χ0v) is 7.48. The second-order valence-electron chi connectivity index (χ2n) is 2.44. The van der Waals surface area contributed by atoms with Crippen LogP contribution in [-0.4, -0.2) is 6.54 Å². The molecular formula is C9H8ClF2N. The van der Waals surface area contributed by atoms with Gasteiger partial charge in [0, 0.05) is 6.54 Å². The van der Waals surface area contributed by atoms with E-state index < -0.39 is 16.7 Å². The summed E-state index contributed by atoms with van der Waals surface area (Å²) in [6.45, 7) is 0.325. The Labute approximate surface area is 79.8 Å². The van der Waals surface area contributed by atoms with Crippen molar-refractivity contribution >= 4 is 17.7 Å². The van der Waals surface area contributed by atoms with Crippen LogP contribution in [0.5, 0.6) is 0 Å². The quantitative estimate of drug-likeness (QED) is 0.735. The van der Waals surface area contributed by atoms with Crippen molar-refractivity contribution in [1.82, 2.24) is 0 Å². The number of halogens is 3. The first-order valence-electron chi connectivity index (χ1n) is 3.66. The molecule has 2 N–H and O–H groups in total. The molecule has 0 saturated carbocycles. The number of benzene rings is 1. The van der Waals surface area contributed by atoms with Crippen molar-refractivity contribution in [2.24, 2.45) is 5.73 Å². The van der Waals surface area contributed by atoms with Crippen LogP contribution in [0.4, 0.5) is 8.78 Å². The second kappa shape index (κ2) is 4.35. The van der Waals surface area contributed by atoms with E-state index in [0.29, 0.717) is 12.1 Å². The lowest BCUT2D eigenvalue weighted by molar-refractivity contribution is 0.583. The Balaban J connectivity index is 3.06. The summed E-state index contributed by atoms with van der Waals surface area (Å²) >= 11 is 5.28. The lowest BCUT2D eigenvalue weighted by Gasteiger charge is -1.98. The standard InChI is InChI=1S/C9H8ClF2N/c10-9-7(11)4-6(2-1-3-13)5-8(9)12/h1-2,4-5H,3,13H2. The Hall–Kier alpha value is -0.930. The normalized spacial score (nSPS) is 11.1. The van der Waals surface area contributed by atoms with Crippen molar-refractivity contribution < 1.29 is 8.78 Å². The molecule has 0 heterocycles. The summed E-state index contributed by atoms with van der Waals surface area (Å²) in [6.07, 6.45) is 3.13. The van der Waals surface area contributed by atoms with Crippen molar-refractivity contribution in [3.8, 4) is 0 Å². The lowest BCUT2D eigenvalue weighted by atomic mass is 10.2. The minimum atomic E-state index is -0.765. The zero-order chi connectivity index (χ0) is 9.84. The minimum absolute atomic E-state index is 0.325. The molecule has 0 aliphatic heterocycles. The topological polar surface area (TPSA) is 26.0 Å². The Kier molecular flexibility index (Phi) is 3.39. The summed E-state index contributed by atoms with van der Waals surface area (Å²) in [5.41, 5.74) is 5.59. The van der Waals surface area contributed by atoms with Crippen molar-refractivity contribution in [3.63, 3.8) is 0 Å². The molecule has 0 bridgehead atoms. The monoisotopic (exact) mass is 203 g/mol. The van der Waals surface area contributed by atoms with Gasteiger partial charge in [0.05, 0.1) is 0 Å². The fourth-order valence-electron chi connectivity index (χ4n) is 0.875. The van der Waals surface area contributed by atoms with Gasteiger partial charge in [-0.3, -0.25) is 0 Å². The second-order valence-corrected chi connectivity index (χ2v) is 2.81. The summed E-state index contributed by atoms with van der Waals surface area (Å²) in [4.78, 5) is 0. The first-order valence-corrected chi connectivity index (χ1v) is 4.04. The third-order valence-electron chi connectivity index (χ3n) is 1.45. The molecule has 0 aromatic heterocycles. The number of nitrogens with two attached hydrogens (primary N) is 1. The summed E-state index contributed by atoms with van der Waals surface area (Å²) in [7, 11) is 0. The summed E-state index contributed by atoms with van der Waals surface area (Å²) in [5, 5.41) is -0.482. The van der Waals surface area contributed by atoms with E-state index in [9.17, 15) is 8.78 Å². The number of hydrogen-bond acceptors (Lipinski definition) is 1. The van der Waals surface area contributed by atoms with Crippen LogP contribution in [-0.2, 0) is 0 Å². The van der Waals surface area contributed by atoms with Crippen LogP contribution >= 0.6 is 11.6 Å². The Morgan fingerprint density at radius 1 is 1.31 bits per heavy atom. The highest BCUT2D eigenvalue weighted by Crippen LogP contribution is 2.20. The van der Waals surface area contributed by atoms with Crippen LogP contribution in [0, 0.1) is 11.6 Å². The molecule has 13 heavy (non-hydrogen) atoms. The van der Waals surface area contributed by atoms with Crippen molar-refractivity contribution in [1.29, 1.82) is 0 Å². The molecule has 0 aliphatic carbocycles. The largest absolute Gasteiger partial charge is 0.327 e. The molecule has 0 atom stereocenters. The minimum Gasteiger partial charge on any atom is -0.327 e. The Morgan fingerprint density at radius 2 is 1.85 bits per heavy atom. The molecule has 1 rings (SSSR count). The van der Waals surface area contributed by atoms with Gasteiger partial charge in [-0.15, -0.1) is 0 Å². The van der Waals surface area contributed by atoms with Gasteiger partial charge in [-0.05, 0) is 17.7 Å². The SMILES string of the molecule is NCC=Cc1cc(F)c(Cl)c(F)c1. The van der Waals surface area contributed by atoms with Gasteiger partial charge < -0.3 is 5.73 Å². The maximum Gasteiger partial charge on any atom is 0.145 e. The fourth-order valence-corrected chi connectivity index (χ4v) is 0.985. The van der Waals surface area contributed by atoms with Gasteiger partial charge >= 0.3 is 0 Å². The highest BCUT2D eigenvalue weighted by molar-refractivity contribution is 6.30. The van der Waals surface area contributed by atoms with E-state index in [1.807, 2.05) is 0 Å². The molecule has 0 spiro atoms. The average Bonchev–Trinajstić information content (AvgIpc) is 2.10. The predicted octanol–water partition coefficient (Wildman–Crippen LogP) is 2.59. The molecule has 1 aromatic rings. The predicted molar refractivity (Wildman–Crippen MR) is 49.5 cm³/mol. The summed E-state index contributed by atoms with van der Waals surface area (Å²) in [5.74, 6) is -1.53. The van der Waals surface area contributed by atoms with Crippen molar-refractivity contribution in [2.75, 3.05) is 6.54 Å². The van der Waals surface area contributed by atoms with E-state index in [2.05, 4.69) is 0 Å². The van der Waals surface area contributed by atoms with E-state index in [1.54, 1.807) is 6.08 Å². The van der Waals surface area contributed by atoms with Gasteiger partial charge in [0.2, 0.25) is 0 Å². The summed E-state index contributed by atoms with van der Waals surface area (Å²) in [6, 6.07) is 2.30. The highest BCUT2D eigenvalue weighted by Gasteiger charge is 2.06. The van der Waals surface area contributed by atoms with Crippen LogP contribution in [0.3, 0.4) is 0 Å². The van der Waals surface area contributed by atoms with Gasteiger partial charge in [-0.25, -0.2) is 8.78 Å². The average molecular weight is 204 g/mol. The molecule has 0 radical (unpaired) electrons. The fraction of sp³-hybridized carbons (Fsp3) is 0.111. The van der Waals surface area contributed by atoms with Crippen LogP contribution in [0.2, 0.25) is 5.02 Å². The van der Waals surface area contributed by atoms with Crippen LogP contribution in [0.15, 0.2) is 18.2 Å². The molecular weight excluding hydrogens is 196 g/mol. The molecule has 0 saturated heterocycles. The maximum absolute atomic E-state index is 12.8. The van der Waals surface area contributed by atoms with Crippen molar-refractivity contribution in [3.05, 3.63) is 40.4 Å². The van der Waals surface area contributed by atoms with Crippen LogP contribution in [0.1, 0.15) is 5.56 Å². The third-order valence-corrected chi connectivity index (χ3v) is 1.81. The van der Waals surface area contributed by atoms with Gasteiger partial charge in [0.25, 0.3) is 0 Å². The van der Waals surface area contributed by atoms with Crippen molar-refractivity contribution in [2.45, 2.75) is 0 Å². The molecule has 0 amide bonds. The van der Waals surface area contributed by atoms with E-state index in [4.69, 9.17) is 17.3 Å². The van der Waals surface area contributed by atoms with Gasteiger partial charge in [-0.2, -0.15) is 0 Å². The molecule has 1 nitrogen and oxygen atoms in total. The summed E-state index contributed by atoms with van der Waals surface area (Å²) < 4.78 is 25.7. The van der Waals surface area contributed by atoms with E-state index >= 15 is 0 Å². The number of rotatable bonds is 2. The van der Waals surface area contributed by atoms with E-state index in [-0.39, 0.29) is 0 Å². The molecule has 0 unspecified atom stereocenters. The van der Waals surface area contributed by atoms with Crippen LogP contribution < -0.4 is 5.73 Å².